The van der Waals surface area contributed by atoms with Crippen molar-refractivity contribution >= 4 is 11.8 Å². The van der Waals surface area contributed by atoms with Crippen molar-refractivity contribution in [3.63, 3.8) is 0 Å². The molecule has 0 saturated heterocycles. The lowest BCUT2D eigenvalue weighted by molar-refractivity contribution is 0.370. The Hall–Kier alpha value is -0.940. The lowest BCUT2D eigenvalue weighted by Crippen LogP contribution is -2.18. The highest BCUT2D eigenvalue weighted by molar-refractivity contribution is 8.00. The average Bonchev–Trinajstić information content (AvgIpc) is 2.39. The first-order valence-corrected chi connectivity index (χ1v) is 7.30. The highest BCUT2D eigenvalue weighted by Crippen LogP contribution is 2.35. The summed E-state index contributed by atoms with van der Waals surface area (Å²) in [6.07, 6.45) is 6.42. The summed E-state index contributed by atoms with van der Waals surface area (Å²) in [5.41, 5.74) is 1.28. The number of thioether (sulfide) groups is 1. The molecule has 0 bridgehead atoms. The molecule has 1 fully saturated rings. The molecule has 2 heteroatoms. The fourth-order valence-corrected chi connectivity index (χ4v) is 3.53. The van der Waals surface area contributed by atoms with Gasteiger partial charge >= 0.3 is 0 Å². The summed E-state index contributed by atoms with van der Waals surface area (Å²) in [6, 6.07) is 11.0. The smallest absolute Gasteiger partial charge is 0.0991 e. The lowest BCUT2D eigenvalue weighted by atomic mass is 9.87. The van der Waals surface area contributed by atoms with E-state index in [-0.39, 0.29) is 5.25 Å². The fraction of sp³-hybridized carbons (Fsp3) is 0.533. The second-order valence-corrected chi connectivity index (χ2v) is 6.09. The van der Waals surface area contributed by atoms with Gasteiger partial charge in [-0.15, -0.1) is 11.8 Å². The Kier molecular flexibility index (Phi) is 4.50. The van der Waals surface area contributed by atoms with E-state index in [4.69, 9.17) is 0 Å². The molecule has 1 unspecified atom stereocenters. The third-order valence-corrected chi connectivity index (χ3v) is 4.78. The molecule has 0 heterocycles. The van der Waals surface area contributed by atoms with Crippen molar-refractivity contribution in [1.29, 1.82) is 5.26 Å². The Morgan fingerprint density at radius 3 is 2.41 bits per heavy atom. The minimum Gasteiger partial charge on any atom is -0.197 e. The zero-order valence-electron chi connectivity index (χ0n) is 10.4. The lowest BCUT2D eigenvalue weighted by Gasteiger charge is -2.25. The Balaban J connectivity index is 1.99. The van der Waals surface area contributed by atoms with Gasteiger partial charge < -0.3 is 0 Å². The Labute approximate surface area is 108 Å². The summed E-state index contributed by atoms with van der Waals surface area (Å²) in [5.74, 6) is 0.597. The van der Waals surface area contributed by atoms with E-state index in [0.29, 0.717) is 5.92 Å². The molecular weight excluding hydrogens is 226 g/mol. The number of aryl methyl sites for hydroxylation is 1. The van der Waals surface area contributed by atoms with Crippen molar-refractivity contribution in [3.05, 3.63) is 29.8 Å². The molecule has 1 aromatic carbocycles. The quantitative estimate of drug-likeness (QED) is 0.729. The number of hydrogen-bond acceptors (Lipinski definition) is 2. The zero-order valence-corrected chi connectivity index (χ0v) is 11.2. The SMILES string of the molecule is Cc1ccc(SC(C#N)C2CCCCC2)cc1. The van der Waals surface area contributed by atoms with Crippen molar-refractivity contribution in [2.24, 2.45) is 5.92 Å². The van der Waals surface area contributed by atoms with Crippen molar-refractivity contribution in [2.75, 3.05) is 0 Å². The van der Waals surface area contributed by atoms with Gasteiger partial charge in [-0.05, 0) is 37.8 Å². The predicted octanol–water partition coefficient (Wildman–Crippen LogP) is 4.56. The molecular formula is C15H19NS. The summed E-state index contributed by atoms with van der Waals surface area (Å²) in [6.45, 7) is 2.09. The highest BCUT2D eigenvalue weighted by atomic mass is 32.2. The number of rotatable bonds is 3. The van der Waals surface area contributed by atoms with Crippen LogP contribution in [0.25, 0.3) is 0 Å². The van der Waals surface area contributed by atoms with Gasteiger partial charge in [0.25, 0.3) is 0 Å². The average molecular weight is 245 g/mol. The topological polar surface area (TPSA) is 23.8 Å². The van der Waals surface area contributed by atoms with Crippen LogP contribution in [0.1, 0.15) is 37.7 Å². The molecule has 0 amide bonds. The van der Waals surface area contributed by atoms with Gasteiger partial charge in [-0.25, -0.2) is 0 Å². The summed E-state index contributed by atoms with van der Waals surface area (Å²) in [4.78, 5) is 1.23. The van der Waals surface area contributed by atoms with E-state index in [2.05, 4.69) is 37.3 Å². The van der Waals surface area contributed by atoms with Gasteiger partial charge in [0.1, 0.15) is 0 Å². The zero-order chi connectivity index (χ0) is 12.1. The molecule has 0 aliphatic heterocycles. The summed E-state index contributed by atoms with van der Waals surface area (Å²) < 4.78 is 0. The maximum Gasteiger partial charge on any atom is 0.0991 e. The summed E-state index contributed by atoms with van der Waals surface area (Å²) in [7, 11) is 0. The van der Waals surface area contributed by atoms with Gasteiger partial charge in [0.05, 0.1) is 11.3 Å². The van der Waals surface area contributed by atoms with E-state index in [9.17, 15) is 5.26 Å². The van der Waals surface area contributed by atoms with Crippen LogP contribution in [0.2, 0.25) is 0 Å². The molecule has 0 spiro atoms. The van der Waals surface area contributed by atoms with Crippen LogP contribution < -0.4 is 0 Å². The second-order valence-electron chi connectivity index (χ2n) is 4.88. The van der Waals surface area contributed by atoms with Gasteiger partial charge in [0.15, 0.2) is 0 Å². The first-order chi connectivity index (χ1) is 8.29. The van der Waals surface area contributed by atoms with Crippen LogP contribution in [-0.4, -0.2) is 5.25 Å². The number of nitriles is 1. The Morgan fingerprint density at radius 2 is 1.82 bits per heavy atom. The van der Waals surface area contributed by atoms with E-state index in [1.165, 1.54) is 42.6 Å². The van der Waals surface area contributed by atoms with Gasteiger partial charge in [-0.3, -0.25) is 0 Å². The van der Waals surface area contributed by atoms with E-state index in [1.54, 1.807) is 11.8 Å². The van der Waals surface area contributed by atoms with E-state index < -0.39 is 0 Å². The van der Waals surface area contributed by atoms with Crippen molar-refractivity contribution in [3.8, 4) is 6.07 Å². The van der Waals surface area contributed by atoms with Gasteiger partial charge in [0, 0.05) is 4.90 Å². The van der Waals surface area contributed by atoms with Crippen LogP contribution in [0.4, 0.5) is 0 Å². The van der Waals surface area contributed by atoms with E-state index in [1.807, 2.05) is 0 Å². The number of nitrogens with zero attached hydrogens (tertiary/aromatic N) is 1. The predicted molar refractivity (Wildman–Crippen MR) is 73.0 cm³/mol. The number of hydrogen-bond donors (Lipinski definition) is 0. The first-order valence-electron chi connectivity index (χ1n) is 6.42. The standard InChI is InChI=1S/C15H19NS/c1-12-7-9-14(10-8-12)17-15(11-16)13-5-3-2-4-6-13/h7-10,13,15H,2-6H2,1H3. The molecule has 0 N–H and O–H groups in total. The number of benzene rings is 1. The Bertz CT molecular complexity index is 384. The molecule has 0 aromatic heterocycles. The minimum absolute atomic E-state index is 0.137. The third kappa shape index (κ3) is 3.51. The van der Waals surface area contributed by atoms with Crippen LogP contribution in [-0.2, 0) is 0 Å². The van der Waals surface area contributed by atoms with Crippen LogP contribution in [0, 0.1) is 24.2 Å². The molecule has 0 radical (unpaired) electrons. The van der Waals surface area contributed by atoms with Gasteiger partial charge in [-0.1, -0.05) is 37.0 Å². The fourth-order valence-electron chi connectivity index (χ4n) is 2.43. The third-order valence-electron chi connectivity index (χ3n) is 3.49. The molecule has 2 rings (SSSR count). The van der Waals surface area contributed by atoms with E-state index >= 15 is 0 Å². The largest absolute Gasteiger partial charge is 0.197 e. The van der Waals surface area contributed by atoms with Crippen molar-refractivity contribution in [2.45, 2.75) is 49.2 Å². The van der Waals surface area contributed by atoms with Crippen LogP contribution in [0.5, 0.6) is 0 Å². The van der Waals surface area contributed by atoms with Gasteiger partial charge in [0.2, 0.25) is 0 Å². The molecule has 1 aliphatic carbocycles. The molecule has 1 aliphatic rings. The van der Waals surface area contributed by atoms with Crippen molar-refractivity contribution < 1.29 is 0 Å². The normalized spacial score (nSPS) is 18.6. The van der Waals surface area contributed by atoms with Crippen LogP contribution in [0.3, 0.4) is 0 Å². The summed E-state index contributed by atoms with van der Waals surface area (Å²) in [5, 5.41) is 9.46. The second kappa shape index (κ2) is 6.12. The molecule has 1 saturated carbocycles. The molecule has 1 nitrogen and oxygen atoms in total. The van der Waals surface area contributed by atoms with Crippen LogP contribution >= 0.6 is 11.8 Å². The Morgan fingerprint density at radius 1 is 1.18 bits per heavy atom. The minimum atomic E-state index is 0.137. The van der Waals surface area contributed by atoms with Crippen LogP contribution in [0.15, 0.2) is 29.2 Å². The maximum atomic E-state index is 9.32. The molecule has 90 valence electrons. The highest BCUT2D eigenvalue weighted by Gasteiger charge is 2.24. The molecule has 1 aromatic rings. The first kappa shape index (κ1) is 12.5. The van der Waals surface area contributed by atoms with Crippen molar-refractivity contribution in [1.82, 2.24) is 0 Å². The van der Waals surface area contributed by atoms with E-state index in [0.717, 1.165) is 0 Å². The molecule has 1 atom stereocenters. The monoisotopic (exact) mass is 245 g/mol. The maximum absolute atomic E-state index is 9.32. The molecule has 17 heavy (non-hydrogen) atoms. The van der Waals surface area contributed by atoms with Gasteiger partial charge in [-0.2, -0.15) is 5.26 Å². The summed E-state index contributed by atoms with van der Waals surface area (Å²) >= 11 is 1.74.